The Hall–Kier alpha value is -1.70. The van der Waals surface area contributed by atoms with Gasteiger partial charge in [0.2, 0.25) is 0 Å². The lowest BCUT2D eigenvalue weighted by molar-refractivity contribution is -0.137. The van der Waals surface area contributed by atoms with Gasteiger partial charge in [-0.15, -0.1) is 6.42 Å². The van der Waals surface area contributed by atoms with Gasteiger partial charge < -0.3 is 15.3 Å². The number of nitrogens with one attached hydrogen (secondary N) is 1. The minimum Gasteiger partial charge on any atom is -0.481 e. The maximum atomic E-state index is 11.6. The van der Waals surface area contributed by atoms with E-state index >= 15 is 0 Å². The largest absolute Gasteiger partial charge is 0.481 e. The van der Waals surface area contributed by atoms with Gasteiger partial charge in [-0.3, -0.25) is 4.79 Å². The Balaban J connectivity index is 4.02. The first-order valence-electron chi connectivity index (χ1n) is 6.52. The highest BCUT2D eigenvalue weighted by Crippen LogP contribution is 2.20. The van der Waals surface area contributed by atoms with Crippen LogP contribution in [0.5, 0.6) is 0 Å². The maximum absolute atomic E-state index is 11.6. The van der Waals surface area contributed by atoms with Crippen molar-refractivity contribution >= 4 is 12.0 Å². The van der Waals surface area contributed by atoms with E-state index in [1.54, 1.807) is 7.05 Å². The van der Waals surface area contributed by atoms with Crippen LogP contribution in [0.1, 0.15) is 33.1 Å². The zero-order valence-corrected chi connectivity index (χ0v) is 12.0. The third-order valence-corrected chi connectivity index (χ3v) is 3.14. The van der Waals surface area contributed by atoms with E-state index in [0.717, 1.165) is 6.42 Å². The molecule has 2 N–H and O–H groups in total. The maximum Gasteiger partial charge on any atom is 0.317 e. The van der Waals surface area contributed by atoms with Crippen molar-refractivity contribution in [3.63, 3.8) is 0 Å². The Bertz CT molecular complexity index is 334. The van der Waals surface area contributed by atoms with E-state index in [0.29, 0.717) is 24.8 Å². The predicted molar refractivity (Wildman–Crippen MR) is 74.7 cm³/mol. The van der Waals surface area contributed by atoms with Crippen molar-refractivity contribution in [2.45, 2.75) is 33.1 Å². The van der Waals surface area contributed by atoms with Crippen LogP contribution in [-0.2, 0) is 4.79 Å². The number of carbonyl (C=O) groups excluding carboxylic acids is 1. The number of carboxylic acids is 1. The van der Waals surface area contributed by atoms with E-state index < -0.39 is 5.97 Å². The van der Waals surface area contributed by atoms with Crippen LogP contribution in [0.2, 0.25) is 0 Å². The minimum atomic E-state index is -0.775. The second-order valence-electron chi connectivity index (χ2n) is 5.02. The second kappa shape index (κ2) is 9.26. The van der Waals surface area contributed by atoms with E-state index in [9.17, 15) is 9.59 Å². The van der Waals surface area contributed by atoms with Crippen molar-refractivity contribution in [1.29, 1.82) is 0 Å². The van der Waals surface area contributed by atoms with E-state index in [2.05, 4.69) is 25.1 Å². The molecule has 0 saturated heterocycles. The molecule has 0 fully saturated rings. The Morgan fingerprint density at radius 2 is 2.00 bits per heavy atom. The quantitative estimate of drug-likeness (QED) is 0.659. The molecule has 0 aromatic heterocycles. The molecule has 1 unspecified atom stereocenters. The Morgan fingerprint density at radius 1 is 1.37 bits per heavy atom. The van der Waals surface area contributed by atoms with Crippen LogP contribution in [-0.4, -0.2) is 42.1 Å². The number of amides is 2. The summed E-state index contributed by atoms with van der Waals surface area (Å²) < 4.78 is 0. The molecule has 2 amide bonds. The Labute approximate surface area is 115 Å². The molecule has 0 aromatic rings. The SMILES string of the molecule is C#CCN(C)C(=O)NCCC(CCC(=O)O)C(C)C. The molecule has 0 spiro atoms. The summed E-state index contributed by atoms with van der Waals surface area (Å²) in [5, 5.41) is 11.5. The average Bonchev–Trinajstić information content (AvgIpc) is 2.32. The molecular formula is C14H24N2O3. The second-order valence-corrected chi connectivity index (χ2v) is 5.02. The first-order chi connectivity index (χ1) is 8.88. The van der Waals surface area contributed by atoms with Crippen LogP contribution >= 0.6 is 0 Å². The number of carboxylic acid groups (broad SMARTS) is 1. The molecule has 0 rings (SSSR count). The zero-order chi connectivity index (χ0) is 14.8. The van der Waals surface area contributed by atoms with Gasteiger partial charge in [0.05, 0.1) is 6.54 Å². The first kappa shape index (κ1) is 17.3. The summed E-state index contributed by atoms with van der Waals surface area (Å²) >= 11 is 0. The van der Waals surface area contributed by atoms with Crippen LogP contribution in [0.15, 0.2) is 0 Å². The van der Waals surface area contributed by atoms with Gasteiger partial charge in [0.25, 0.3) is 0 Å². The molecular weight excluding hydrogens is 244 g/mol. The van der Waals surface area contributed by atoms with Crippen LogP contribution < -0.4 is 5.32 Å². The molecule has 5 heteroatoms. The smallest absolute Gasteiger partial charge is 0.317 e. The van der Waals surface area contributed by atoms with Crippen molar-refractivity contribution in [3.8, 4) is 12.3 Å². The molecule has 0 aliphatic rings. The fraction of sp³-hybridized carbons (Fsp3) is 0.714. The van der Waals surface area contributed by atoms with Crippen LogP contribution in [0, 0.1) is 24.2 Å². The zero-order valence-electron chi connectivity index (χ0n) is 12.0. The van der Waals surface area contributed by atoms with Crippen LogP contribution in [0.25, 0.3) is 0 Å². The van der Waals surface area contributed by atoms with Crippen molar-refractivity contribution in [3.05, 3.63) is 0 Å². The van der Waals surface area contributed by atoms with Gasteiger partial charge in [-0.1, -0.05) is 19.8 Å². The lowest BCUT2D eigenvalue weighted by Crippen LogP contribution is -2.38. The molecule has 0 bridgehead atoms. The monoisotopic (exact) mass is 268 g/mol. The highest BCUT2D eigenvalue weighted by atomic mass is 16.4. The molecule has 0 aromatic carbocycles. The fourth-order valence-corrected chi connectivity index (χ4v) is 1.83. The molecule has 0 radical (unpaired) electrons. The Kier molecular flexibility index (Phi) is 8.43. The summed E-state index contributed by atoms with van der Waals surface area (Å²) in [6, 6.07) is -0.196. The first-order valence-corrected chi connectivity index (χ1v) is 6.52. The van der Waals surface area contributed by atoms with Gasteiger partial charge in [-0.25, -0.2) is 4.79 Å². The summed E-state index contributed by atoms with van der Waals surface area (Å²) in [7, 11) is 1.64. The van der Waals surface area contributed by atoms with Crippen molar-refractivity contribution in [1.82, 2.24) is 10.2 Å². The molecule has 1 atom stereocenters. The molecule has 5 nitrogen and oxygen atoms in total. The van der Waals surface area contributed by atoms with Crippen molar-refractivity contribution in [2.75, 3.05) is 20.1 Å². The molecule has 0 saturated carbocycles. The minimum absolute atomic E-state index is 0.174. The fourth-order valence-electron chi connectivity index (χ4n) is 1.83. The van der Waals surface area contributed by atoms with E-state index in [4.69, 9.17) is 11.5 Å². The summed E-state index contributed by atoms with van der Waals surface area (Å²) in [4.78, 5) is 23.6. The highest BCUT2D eigenvalue weighted by Gasteiger charge is 2.15. The number of rotatable bonds is 8. The van der Waals surface area contributed by atoms with E-state index in [1.165, 1.54) is 4.90 Å². The number of terminal acetylenes is 1. The van der Waals surface area contributed by atoms with Gasteiger partial charge in [0, 0.05) is 20.0 Å². The third kappa shape index (κ3) is 8.09. The summed E-state index contributed by atoms with van der Waals surface area (Å²) in [6.45, 7) is 4.95. The lowest BCUT2D eigenvalue weighted by Gasteiger charge is -2.21. The molecule has 0 aliphatic carbocycles. The topological polar surface area (TPSA) is 69.6 Å². The summed E-state index contributed by atoms with van der Waals surface area (Å²) in [5.74, 6) is 2.33. The number of hydrogen-bond donors (Lipinski definition) is 2. The normalized spacial score (nSPS) is 11.7. The van der Waals surface area contributed by atoms with Crippen molar-refractivity contribution < 1.29 is 14.7 Å². The molecule has 19 heavy (non-hydrogen) atoms. The van der Waals surface area contributed by atoms with Crippen molar-refractivity contribution in [2.24, 2.45) is 11.8 Å². The molecule has 0 aliphatic heterocycles. The van der Waals surface area contributed by atoms with Gasteiger partial charge in [-0.2, -0.15) is 0 Å². The summed E-state index contributed by atoms with van der Waals surface area (Å²) in [5.41, 5.74) is 0. The summed E-state index contributed by atoms with van der Waals surface area (Å²) in [6.07, 6.45) is 6.72. The van der Waals surface area contributed by atoms with Gasteiger partial charge >= 0.3 is 12.0 Å². The van der Waals surface area contributed by atoms with Crippen LogP contribution in [0.3, 0.4) is 0 Å². The third-order valence-electron chi connectivity index (χ3n) is 3.14. The van der Waals surface area contributed by atoms with Gasteiger partial charge in [0.15, 0.2) is 0 Å². The van der Waals surface area contributed by atoms with Crippen LogP contribution in [0.4, 0.5) is 4.79 Å². The number of urea groups is 1. The number of aliphatic carboxylic acids is 1. The average molecular weight is 268 g/mol. The predicted octanol–water partition coefficient (Wildman–Crippen LogP) is 1.79. The number of nitrogens with zero attached hydrogens (tertiary/aromatic N) is 1. The number of hydrogen-bond acceptors (Lipinski definition) is 2. The number of carbonyl (C=O) groups is 2. The van der Waals surface area contributed by atoms with Gasteiger partial charge in [0.1, 0.15) is 0 Å². The standard InChI is InChI=1S/C14H24N2O3/c1-5-10-16(4)14(19)15-9-8-12(11(2)3)6-7-13(17)18/h1,11-12H,6-10H2,2-4H3,(H,15,19)(H,17,18). The lowest BCUT2D eigenvalue weighted by atomic mass is 9.88. The highest BCUT2D eigenvalue weighted by molar-refractivity contribution is 5.74. The Morgan fingerprint density at radius 3 is 2.47 bits per heavy atom. The van der Waals surface area contributed by atoms with E-state index in [-0.39, 0.29) is 19.0 Å². The van der Waals surface area contributed by atoms with Gasteiger partial charge in [-0.05, 0) is 24.7 Å². The molecule has 0 heterocycles. The molecule has 108 valence electrons. The van der Waals surface area contributed by atoms with E-state index in [1.807, 2.05) is 0 Å².